The Morgan fingerprint density at radius 3 is 2.59 bits per heavy atom. The fourth-order valence-electron chi connectivity index (χ4n) is 3.91. The number of fused-ring (bicyclic) bond motifs is 1. The van der Waals surface area contributed by atoms with E-state index in [9.17, 15) is 4.79 Å². The van der Waals surface area contributed by atoms with Gasteiger partial charge in [-0.2, -0.15) is 5.26 Å². The Labute approximate surface area is 170 Å². The van der Waals surface area contributed by atoms with Crippen molar-refractivity contribution in [3.63, 3.8) is 0 Å². The van der Waals surface area contributed by atoms with Gasteiger partial charge in [0, 0.05) is 23.7 Å². The van der Waals surface area contributed by atoms with E-state index in [0.717, 1.165) is 48.0 Å². The summed E-state index contributed by atoms with van der Waals surface area (Å²) < 4.78 is 6.27. The van der Waals surface area contributed by atoms with Crippen molar-refractivity contribution in [1.82, 2.24) is 4.98 Å². The number of pyridine rings is 1. The van der Waals surface area contributed by atoms with Crippen LogP contribution >= 0.6 is 0 Å². The van der Waals surface area contributed by atoms with Crippen molar-refractivity contribution in [2.24, 2.45) is 5.92 Å². The van der Waals surface area contributed by atoms with Crippen LogP contribution in [0, 0.1) is 17.2 Å². The van der Waals surface area contributed by atoms with E-state index in [0.29, 0.717) is 17.9 Å². The summed E-state index contributed by atoms with van der Waals surface area (Å²) >= 11 is 0. The number of amides is 1. The summed E-state index contributed by atoms with van der Waals surface area (Å²) in [5.41, 5.74) is 2.26. The molecular weight excluding hydrogens is 362 g/mol. The minimum atomic E-state index is 0.0270. The molecule has 0 unspecified atom stereocenters. The number of nitrogens with zero attached hydrogens (tertiary/aromatic N) is 2. The van der Waals surface area contributed by atoms with Crippen molar-refractivity contribution in [2.75, 3.05) is 5.32 Å². The molecule has 2 aromatic carbocycles. The lowest BCUT2D eigenvalue weighted by Crippen LogP contribution is -2.26. The van der Waals surface area contributed by atoms with Crippen molar-refractivity contribution < 1.29 is 9.53 Å². The molecule has 5 nitrogen and oxygen atoms in total. The number of rotatable bonds is 5. The summed E-state index contributed by atoms with van der Waals surface area (Å²) in [6.45, 7) is 0. The molecule has 0 atom stereocenters. The van der Waals surface area contributed by atoms with Gasteiger partial charge in [0.1, 0.15) is 5.75 Å². The molecule has 146 valence electrons. The first-order valence-electron chi connectivity index (χ1n) is 10.0. The van der Waals surface area contributed by atoms with E-state index >= 15 is 0 Å². The first-order valence-corrected chi connectivity index (χ1v) is 10.0. The van der Waals surface area contributed by atoms with Gasteiger partial charge in [0.05, 0.1) is 23.3 Å². The lowest BCUT2D eigenvalue weighted by Gasteiger charge is -2.29. The number of hydrogen-bond acceptors (Lipinski definition) is 4. The molecule has 0 bridgehead atoms. The molecule has 1 aromatic heterocycles. The van der Waals surface area contributed by atoms with Crippen LogP contribution in [0.25, 0.3) is 10.9 Å². The minimum absolute atomic E-state index is 0.0270. The van der Waals surface area contributed by atoms with Crippen LogP contribution in [-0.4, -0.2) is 17.0 Å². The van der Waals surface area contributed by atoms with Crippen LogP contribution < -0.4 is 10.1 Å². The maximum Gasteiger partial charge on any atom is 0.224 e. The molecule has 4 rings (SSSR count). The third-order valence-corrected chi connectivity index (χ3v) is 5.47. The molecule has 0 aliphatic heterocycles. The summed E-state index contributed by atoms with van der Waals surface area (Å²) in [5.74, 6) is 1.29. The smallest absolute Gasteiger partial charge is 0.224 e. The maximum atomic E-state index is 12.3. The molecule has 29 heavy (non-hydrogen) atoms. The van der Waals surface area contributed by atoms with Crippen molar-refractivity contribution in [1.29, 1.82) is 5.26 Å². The number of para-hydroxylation sites is 1. The number of nitriles is 1. The molecule has 5 heteroatoms. The topological polar surface area (TPSA) is 75.0 Å². The summed E-state index contributed by atoms with van der Waals surface area (Å²) in [7, 11) is 0. The Kier molecular flexibility index (Phi) is 5.71. The van der Waals surface area contributed by atoms with Crippen LogP contribution in [0.4, 0.5) is 5.69 Å². The lowest BCUT2D eigenvalue weighted by atomic mass is 9.85. The van der Waals surface area contributed by atoms with E-state index in [1.54, 1.807) is 30.5 Å². The normalized spacial score (nSPS) is 18.7. The van der Waals surface area contributed by atoms with Gasteiger partial charge in [0.25, 0.3) is 0 Å². The molecule has 3 aromatic rings. The Morgan fingerprint density at radius 1 is 1.07 bits per heavy atom. The molecule has 1 saturated carbocycles. The Bertz CT molecular complexity index is 1030. The van der Waals surface area contributed by atoms with Crippen molar-refractivity contribution >= 4 is 22.5 Å². The number of anilines is 1. The van der Waals surface area contributed by atoms with Crippen LogP contribution in [0.2, 0.25) is 0 Å². The summed E-state index contributed by atoms with van der Waals surface area (Å²) in [6, 6.07) is 19.0. The molecule has 1 fully saturated rings. The van der Waals surface area contributed by atoms with Crippen LogP contribution in [0.3, 0.4) is 0 Å². The predicted molar refractivity (Wildman–Crippen MR) is 113 cm³/mol. The van der Waals surface area contributed by atoms with E-state index in [1.165, 1.54) is 0 Å². The molecule has 1 aliphatic carbocycles. The minimum Gasteiger partial charge on any atom is -0.490 e. The summed E-state index contributed by atoms with van der Waals surface area (Å²) in [5, 5.41) is 12.8. The zero-order chi connectivity index (χ0) is 20.1. The van der Waals surface area contributed by atoms with Crippen LogP contribution in [0.5, 0.6) is 5.75 Å². The highest BCUT2D eigenvalue weighted by Gasteiger charge is 2.24. The second-order valence-electron chi connectivity index (χ2n) is 7.53. The third-order valence-electron chi connectivity index (χ3n) is 5.47. The van der Waals surface area contributed by atoms with Crippen LogP contribution in [-0.2, 0) is 4.79 Å². The van der Waals surface area contributed by atoms with Crippen molar-refractivity contribution in [3.8, 4) is 11.8 Å². The number of carbonyl (C=O) groups excluding carboxylic acids is 1. The van der Waals surface area contributed by atoms with Gasteiger partial charge in [-0.3, -0.25) is 9.78 Å². The zero-order valence-electron chi connectivity index (χ0n) is 16.2. The molecule has 1 heterocycles. The highest BCUT2D eigenvalue weighted by Crippen LogP contribution is 2.32. The molecule has 1 amide bonds. The van der Waals surface area contributed by atoms with Gasteiger partial charge >= 0.3 is 0 Å². The second-order valence-corrected chi connectivity index (χ2v) is 7.53. The highest BCUT2D eigenvalue weighted by molar-refractivity contribution is 5.90. The fraction of sp³-hybridized carbons (Fsp3) is 0.292. The fourth-order valence-corrected chi connectivity index (χ4v) is 3.91. The van der Waals surface area contributed by atoms with Crippen molar-refractivity contribution in [3.05, 3.63) is 66.4 Å². The quantitative estimate of drug-likeness (QED) is 0.665. The third kappa shape index (κ3) is 4.72. The van der Waals surface area contributed by atoms with Gasteiger partial charge in [0.15, 0.2) is 0 Å². The first kappa shape index (κ1) is 18.9. The molecule has 1 N–H and O–H groups in total. The number of nitrogens with one attached hydrogen (secondary N) is 1. The van der Waals surface area contributed by atoms with Crippen LogP contribution in [0.15, 0.2) is 60.8 Å². The van der Waals surface area contributed by atoms with E-state index < -0.39 is 0 Å². The van der Waals surface area contributed by atoms with Gasteiger partial charge < -0.3 is 10.1 Å². The number of hydrogen-bond donors (Lipinski definition) is 1. The molecule has 0 saturated heterocycles. The van der Waals surface area contributed by atoms with E-state index in [2.05, 4.69) is 16.4 Å². The second kappa shape index (κ2) is 8.74. The Balaban J connectivity index is 1.28. The largest absolute Gasteiger partial charge is 0.490 e. The zero-order valence-corrected chi connectivity index (χ0v) is 16.2. The maximum absolute atomic E-state index is 12.3. The van der Waals surface area contributed by atoms with Crippen molar-refractivity contribution in [2.45, 2.75) is 38.2 Å². The van der Waals surface area contributed by atoms with E-state index in [1.807, 2.05) is 30.3 Å². The SMILES string of the molecule is N#Cc1ccc(NC(=O)C[C@H]2CC[C@@H](Oc3ccnc4ccccc34)CC2)cc1. The molecule has 0 spiro atoms. The van der Waals surface area contributed by atoms with Gasteiger partial charge in [0.2, 0.25) is 5.91 Å². The van der Waals surface area contributed by atoms with Gasteiger partial charge in [-0.25, -0.2) is 0 Å². The lowest BCUT2D eigenvalue weighted by molar-refractivity contribution is -0.117. The first-order chi connectivity index (χ1) is 14.2. The number of carbonyl (C=O) groups is 1. The Hall–Kier alpha value is -3.39. The van der Waals surface area contributed by atoms with Gasteiger partial charge in [-0.15, -0.1) is 0 Å². The summed E-state index contributed by atoms with van der Waals surface area (Å²) in [6.07, 6.45) is 6.35. The predicted octanol–water partition coefficient (Wildman–Crippen LogP) is 5.07. The van der Waals surface area contributed by atoms with Crippen LogP contribution in [0.1, 0.15) is 37.7 Å². The van der Waals surface area contributed by atoms with E-state index in [-0.39, 0.29) is 12.0 Å². The van der Waals surface area contributed by atoms with E-state index in [4.69, 9.17) is 10.00 Å². The number of aromatic nitrogens is 1. The molecule has 0 radical (unpaired) electrons. The van der Waals surface area contributed by atoms with Gasteiger partial charge in [-0.1, -0.05) is 12.1 Å². The molecular formula is C24H23N3O2. The molecule has 1 aliphatic rings. The number of benzene rings is 2. The standard InChI is InChI=1S/C24H23N3O2/c25-16-18-5-9-19(10-6-18)27-24(28)15-17-7-11-20(12-8-17)29-23-13-14-26-22-4-2-1-3-21(22)23/h1-6,9-10,13-14,17,20H,7-8,11-12,15H2,(H,27,28)/t17-,20+. The Morgan fingerprint density at radius 2 is 1.83 bits per heavy atom. The number of ether oxygens (including phenoxy) is 1. The van der Waals surface area contributed by atoms with Gasteiger partial charge in [-0.05, 0) is 74.1 Å². The summed E-state index contributed by atoms with van der Waals surface area (Å²) in [4.78, 5) is 16.7. The average Bonchev–Trinajstić information content (AvgIpc) is 2.76. The highest BCUT2D eigenvalue weighted by atomic mass is 16.5. The average molecular weight is 385 g/mol. The monoisotopic (exact) mass is 385 g/mol.